The maximum atomic E-state index is 11.5. The zero-order valence-electron chi connectivity index (χ0n) is 15.6. The predicted molar refractivity (Wildman–Crippen MR) is 101 cm³/mol. The molecule has 5 heteroatoms. The average molecular weight is 336 g/mol. The van der Waals surface area contributed by atoms with E-state index in [-0.39, 0.29) is 11.8 Å². The number of rotatable bonds is 3. The van der Waals surface area contributed by atoms with Gasteiger partial charge in [0.25, 0.3) is 0 Å². The Morgan fingerprint density at radius 3 is 2.32 bits per heavy atom. The van der Waals surface area contributed by atoms with Crippen LogP contribution in [0.1, 0.15) is 49.2 Å². The Morgan fingerprint density at radius 1 is 1.12 bits per heavy atom. The number of aromatic nitrogens is 3. The molecule has 0 fully saturated rings. The van der Waals surface area contributed by atoms with Crippen LogP contribution in [0.15, 0.2) is 24.3 Å². The normalized spacial score (nSPS) is 11.3. The molecule has 0 saturated heterocycles. The molecule has 0 radical (unpaired) electrons. The Labute approximate surface area is 148 Å². The molecule has 2 aromatic heterocycles. The summed E-state index contributed by atoms with van der Waals surface area (Å²) in [6.45, 7) is 11.9. The summed E-state index contributed by atoms with van der Waals surface area (Å²) in [7, 11) is 0. The highest BCUT2D eigenvalue weighted by molar-refractivity contribution is 5.89. The number of benzene rings is 1. The maximum absolute atomic E-state index is 11.5. The van der Waals surface area contributed by atoms with Crippen molar-refractivity contribution in [3.05, 3.63) is 46.8 Å². The third-order valence-electron chi connectivity index (χ3n) is 4.42. The SMILES string of the molecule is CC(=O)Nc1cc(C(C)C)n2nc(C)c(-c3c(C)cccc3C)c2n1. The van der Waals surface area contributed by atoms with Gasteiger partial charge < -0.3 is 5.32 Å². The fraction of sp³-hybridized carbons (Fsp3) is 0.350. The van der Waals surface area contributed by atoms with Gasteiger partial charge in [0.1, 0.15) is 5.82 Å². The van der Waals surface area contributed by atoms with Gasteiger partial charge in [-0.15, -0.1) is 0 Å². The fourth-order valence-electron chi connectivity index (χ4n) is 3.30. The highest BCUT2D eigenvalue weighted by Crippen LogP contribution is 2.34. The summed E-state index contributed by atoms with van der Waals surface area (Å²) in [6.07, 6.45) is 0. The van der Waals surface area contributed by atoms with E-state index in [0.29, 0.717) is 5.82 Å². The zero-order valence-corrected chi connectivity index (χ0v) is 15.6. The highest BCUT2D eigenvalue weighted by atomic mass is 16.1. The lowest BCUT2D eigenvalue weighted by atomic mass is 9.96. The summed E-state index contributed by atoms with van der Waals surface area (Å²) < 4.78 is 1.91. The van der Waals surface area contributed by atoms with E-state index in [4.69, 9.17) is 10.1 Å². The van der Waals surface area contributed by atoms with E-state index in [0.717, 1.165) is 28.2 Å². The minimum atomic E-state index is -0.128. The van der Waals surface area contributed by atoms with Gasteiger partial charge in [-0.1, -0.05) is 32.0 Å². The van der Waals surface area contributed by atoms with Gasteiger partial charge in [0.05, 0.1) is 17.0 Å². The topological polar surface area (TPSA) is 59.3 Å². The van der Waals surface area contributed by atoms with Crippen LogP contribution in [0, 0.1) is 20.8 Å². The Morgan fingerprint density at radius 2 is 1.76 bits per heavy atom. The van der Waals surface area contributed by atoms with Crippen molar-refractivity contribution in [3.63, 3.8) is 0 Å². The van der Waals surface area contributed by atoms with Crippen LogP contribution >= 0.6 is 0 Å². The second-order valence-electron chi connectivity index (χ2n) is 6.86. The maximum Gasteiger partial charge on any atom is 0.222 e. The molecule has 0 aliphatic carbocycles. The van der Waals surface area contributed by atoms with Gasteiger partial charge in [0, 0.05) is 13.0 Å². The largest absolute Gasteiger partial charge is 0.311 e. The van der Waals surface area contributed by atoms with Crippen molar-refractivity contribution in [2.45, 2.75) is 47.5 Å². The molecule has 3 aromatic rings. The van der Waals surface area contributed by atoms with E-state index < -0.39 is 0 Å². The van der Waals surface area contributed by atoms with Gasteiger partial charge in [0.2, 0.25) is 5.91 Å². The number of amides is 1. The van der Waals surface area contributed by atoms with Crippen molar-refractivity contribution in [3.8, 4) is 11.1 Å². The molecule has 1 N–H and O–H groups in total. The molecule has 0 aliphatic heterocycles. The smallest absolute Gasteiger partial charge is 0.222 e. The number of aryl methyl sites for hydroxylation is 3. The first-order chi connectivity index (χ1) is 11.8. The predicted octanol–water partition coefficient (Wildman–Crippen LogP) is 4.40. The van der Waals surface area contributed by atoms with Gasteiger partial charge in [-0.05, 0) is 43.4 Å². The highest BCUT2D eigenvalue weighted by Gasteiger charge is 2.20. The summed E-state index contributed by atoms with van der Waals surface area (Å²) in [5.41, 5.74) is 7.32. The van der Waals surface area contributed by atoms with Gasteiger partial charge in [-0.3, -0.25) is 4.79 Å². The number of hydrogen-bond donors (Lipinski definition) is 1. The molecular formula is C20H24N4O. The van der Waals surface area contributed by atoms with Crippen molar-refractivity contribution >= 4 is 17.4 Å². The molecule has 3 rings (SSSR count). The number of nitrogens with one attached hydrogen (secondary N) is 1. The first-order valence-electron chi connectivity index (χ1n) is 8.54. The number of nitrogens with zero attached hydrogens (tertiary/aromatic N) is 3. The summed E-state index contributed by atoms with van der Waals surface area (Å²) in [5.74, 6) is 0.690. The van der Waals surface area contributed by atoms with Crippen molar-refractivity contribution in [1.82, 2.24) is 14.6 Å². The molecular weight excluding hydrogens is 312 g/mol. The first-order valence-corrected chi connectivity index (χ1v) is 8.54. The molecule has 2 heterocycles. The van der Waals surface area contributed by atoms with Crippen LogP contribution in [0.4, 0.5) is 5.82 Å². The summed E-state index contributed by atoms with van der Waals surface area (Å²) in [6, 6.07) is 8.17. The minimum absolute atomic E-state index is 0.128. The van der Waals surface area contributed by atoms with E-state index in [1.54, 1.807) is 0 Å². The average Bonchev–Trinajstić information content (AvgIpc) is 2.82. The lowest BCUT2D eigenvalue weighted by Crippen LogP contribution is -2.11. The number of hydrogen-bond acceptors (Lipinski definition) is 3. The standard InChI is InChI=1S/C20H24N4O/c1-11(2)16-10-17(21-15(6)25)22-20-19(14(5)23-24(16)20)18-12(3)8-7-9-13(18)4/h7-11H,1-6H3,(H,21,22,25). The van der Waals surface area contributed by atoms with Crippen LogP contribution in [0.5, 0.6) is 0 Å². The van der Waals surface area contributed by atoms with Crippen molar-refractivity contribution in [1.29, 1.82) is 0 Å². The molecule has 0 saturated carbocycles. The third kappa shape index (κ3) is 3.02. The molecule has 0 aliphatic rings. The summed E-state index contributed by atoms with van der Waals surface area (Å²) in [4.78, 5) is 16.2. The minimum Gasteiger partial charge on any atom is -0.311 e. The Hall–Kier alpha value is -2.69. The quantitative estimate of drug-likeness (QED) is 0.771. The van der Waals surface area contributed by atoms with Gasteiger partial charge in [-0.25, -0.2) is 9.50 Å². The Kier molecular flexibility index (Phi) is 4.33. The second-order valence-corrected chi connectivity index (χ2v) is 6.86. The molecule has 0 atom stereocenters. The lowest BCUT2D eigenvalue weighted by molar-refractivity contribution is -0.114. The molecule has 25 heavy (non-hydrogen) atoms. The van der Waals surface area contributed by atoms with Crippen LogP contribution in [0.25, 0.3) is 16.8 Å². The summed E-state index contributed by atoms with van der Waals surface area (Å²) in [5, 5.41) is 7.57. The molecule has 5 nitrogen and oxygen atoms in total. The van der Waals surface area contributed by atoms with Gasteiger partial charge >= 0.3 is 0 Å². The van der Waals surface area contributed by atoms with Crippen molar-refractivity contribution in [2.75, 3.05) is 5.32 Å². The molecule has 130 valence electrons. The fourth-order valence-corrected chi connectivity index (χ4v) is 3.30. The van der Waals surface area contributed by atoms with E-state index in [1.165, 1.54) is 18.1 Å². The van der Waals surface area contributed by atoms with Gasteiger partial charge in [-0.2, -0.15) is 5.10 Å². The monoisotopic (exact) mass is 336 g/mol. The molecule has 1 amide bonds. The molecule has 1 aromatic carbocycles. The molecule has 0 unspecified atom stereocenters. The molecule has 0 spiro atoms. The van der Waals surface area contributed by atoms with Crippen molar-refractivity contribution in [2.24, 2.45) is 0 Å². The number of carbonyl (C=O) groups is 1. The van der Waals surface area contributed by atoms with E-state index in [9.17, 15) is 4.79 Å². The third-order valence-corrected chi connectivity index (χ3v) is 4.42. The number of fused-ring (bicyclic) bond motifs is 1. The number of carbonyl (C=O) groups excluding carboxylic acids is 1. The van der Waals surface area contributed by atoms with Crippen LogP contribution in [0.3, 0.4) is 0 Å². The Bertz CT molecular complexity index is 949. The van der Waals surface area contributed by atoms with Gasteiger partial charge in [0.15, 0.2) is 5.65 Å². The van der Waals surface area contributed by atoms with Crippen LogP contribution in [-0.2, 0) is 4.79 Å². The van der Waals surface area contributed by atoms with Crippen LogP contribution < -0.4 is 5.32 Å². The van der Waals surface area contributed by atoms with E-state index in [2.05, 4.69) is 51.2 Å². The zero-order chi connectivity index (χ0) is 18.3. The van der Waals surface area contributed by atoms with Crippen LogP contribution in [-0.4, -0.2) is 20.5 Å². The second kappa shape index (κ2) is 6.31. The summed E-state index contributed by atoms with van der Waals surface area (Å²) >= 11 is 0. The first kappa shape index (κ1) is 17.1. The van der Waals surface area contributed by atoms with E-state index in [1.807, 2.05) is 17.5 Å². The lowest BCUT2D eigenvalue weighted by Gasteiger charge is -2.13. The number of anilines is 1. The van der Waals surface area contributed by atoms with Crippen LogP contribution in [0.2, 0.25) is 0 Å². The van der Waals surface area contributed by atoms with Crippen molar-refractivity contribution < 1.29 is 4.79 Å². The van der Waals surface area contributed by atoms with E-state index >= 15 is 0 Å². The Balaban J connectivity index is 2.39. The molecule has 0 bridgehead atoms.